The van der Waals surface area contributed by atoms with Crippen molar-refractivity contribution in [1.82, 2.24) is 4.98 Å². The Labute approximate surface area is 99.1 Å². The number of aromatic nitrogens is 1. The van der Waals surface area contributed by atoms with E-state index in [9.17, 15) is 0 Å². The molecule has 0 atom stereocenters. The molecule has 0 fully saturated rings. The standard InChI is InChI=1S/C12H21NO2Si/c1-5-10-16(14-3,15-4)12-8-7-9-13-11(12)6-2/h7-9H,5-6,10H2,1-4H3. The summed E-state index contributed by atoms with van der Waals surface area (Å²) in [5.41, 5.74) is 1.10. The number of nitrogens with zero attached hydrogens (tertiary/aromatic N) is 1. The molecule has 0 bridgehead atoms. The molecule has 0 spiro atoms. The van der Waals surface area contributed by atoms with E-state index in [0.717, 1.165) is 24.6 Å². The van der Waals surface area contributed by atoms with Crippen LogP contribution in [-0.4, -0.2) is 27.8 Å². The highest BCUT2D eigenvalue weighted by atomic mass is 28.4. The van der Waals surface area contributed by atoms with Crippen molar-refractivity contribution in [3.05, 3.63) is 24.0 Å². The van der Waals surface area contributed by atoms with E-state index in [2.05, 4.69) is 24.9 Å². The van der Waals surface area contributed by atoms with E-state index in [-0.39, 0.29) is 0 Å². The van der Waals surface area contributed by atoms with Crippen molar-refractivity contribution in [3.8, 4) is 0 Å². The first-order valence-electron chi connectivity index (χ1n) is 5.78. The summed E-state index contributed by atoms with van der Waals surface area (Å²) < 4.78 is 11.5. The Morgan fingerprint density at radius 1 is 1.25 bits per heavy atom. The van der Waals surface area contributed by atoms with E-state index in [4.69, 9.17) is 8.85 Å². The largest absolute Gasteiger partial charge is 0.394 e. The van der Waals surface area contributed by atoms with Gasteiger partial charge in [-0.1, -0.05) is 26.3 Å². The van der Waals surface area contributed by atoms with Crippen LogP contribution in [0.3, 0.4) is 0 Å². The third kappa shape index (κ3) is 2.51. The average Bonchev–Trinajstić information content (AvgIpc) is 2.36. The Hall–Kier alpha value is -0.713. The third-order valence-corrected chi connectivity index (χ3v) is 6.63. The van der Waals surface area contributed by atoms with Crippen LogP contribution in [0.4, 0.5) is 0 Å². The summed E-state index contributed by atoms with van der Waals surface area (Å²) >= 11 is 0. The average molecular weight is 239 g/mol. The van der Waals surface area contributed by atoms with E-state index in [1.54, 1.807) is 14.2 Å². The second-order valence-corrected chi connectivity index (χ2v) is 7.12. The smallest absolute Gasteiger partial charge is 0.373 e. The lowest BCUT2D eigenvalue weighted by atomic mass is 10.3. The van der Waals surface area contributed by atoms with E-state index in [1.165, 1.54) is 5.19 Å². The van der Waals surface area contributed by atoms with Crippen LogP contribution in [0.2, 0.25) is 6.04 Å². The molecule has 1 heterocycles. The molecule has 0 aliphatic carbocycles. The van der Waals surface area contributed by atoms with Gasteiger partial charge >= 0.3 is 8.56 Å². The van der Waals surface area contributed by atoms with E-state index in [0.29, 0.717) is 0 Å². The highest BCUT2D eigenvalue weighted by Gasteiger charge is 2.39. The van der Waals surface area contributed by atoms with Gasteiger partial charge in [0.2, 0.25) is 0 Å². The second-order valence-electron chi connectivity index (χ2n) is 3.76. The van der Waals surface area contributed by atoms with Crippen molar-refractivity contribution in [2.45, 2.75) is 32.7 Å². The lowest BCUT2D eigenvalue weighted by Crippen LogP contribution is -2.53. The third-order valence-electron chi connectivity index (χ3n) is 2.87. The monoisotopic (exact) mass is 239 g/mol. The molecule has 0 saturated heterocycles. The summed E-state index contributed by atoms with van der Waals surface area (Å²) in [6, 6.07) is 5.03. The van der Waals surface area contributed by atoms with Gasteiger partial charge in [0, 0.05) is 31.3 Å². The lowest BCUT2D eigenvalue weighted by molar-refractivity contribution is 0.256. The predicted molar refractivity (Wildman–Crippen MR) is 68.1 cm³/mol. The molecule has 1 aromatic heterocycles. The number of aryl methyl sites for hydroxylation is 1. The molecule has 3 nitrogen and oxygen atoms in total. The zero-order chi connectivity index (χ0) is 12.0. The maximum absolute atomic E-state index is 5.73. The molecule has 0 amide bonds. The van der Waals surface area contributed by atoms with Gasteiger partial charge in [-0.15, -0.1) is 0 Å². The summed E-state index contributed by atoms with van der Waals surface area (Å²) in [5, 5.41) is 1.18. The van der Waals surface area contributed by atoms with E-state index >= 15 is 0 Å². The molecule has 0 aliphatic heterocycles. The van der Waals surface area contributed by atoms with Crippen molar-refractivity contribution in [3.63, 3.8) is 0 Å². The van der Waals surface area contributed by atoms with Crippen LogP contribution in [0, 0.1) is 0 Å². The highest BCUT2D eigenvalue weighted by Crippen LogP contribution is 2.16. The SMILES string of the molecule is CCC[Si](OC)(OC)c1cccnc1CC. The molecule has 4 heteroatoms. The van der Waals surface area contributed by atoms with Gasteiger partial charge in [-0.25, -0.2) is 0 Å². The molecule has 0 saturated carbocycles. The second kappa shape index (κ2) is 6.13. The molecule has 0 N–H and O–H groups in total. The van der Waals surface area contributed by atoms with Crippen LogP contribution >= 0.6 is 0 Å². The molecule has 90 valence electrons. The highest BCUT2D eigenvalue weighted by molar-refractivity contribution is 6.81. The first-order chi connectivity index (χ1) is 7.74. The van der Waals surface area contributed by atoms with Crippen LogP contribution < -0.4 is 5.19 Å². The van der Waals surface area contributed by atoms with Gasteiger partial charge in [0.05, 0.1) is 0 Å². The molecule has 0 unspecified atom stereocenters. The summed E-state index contributed by atoms with van der Waals surface area (Å²) in [6.45, 7) is 4.27. The lowest BCUT2D eigenvalue weighted by Gasteiger charge is -2.28. The Kier molecular flexibility index (Phi) is 5.11. The van der Waals surface area contributed by atoms with Gasteiger partial charge < -0.3 is 8.85 Å². The normalized spacial score (nSPS) is 11.8. The molecular formula is C12H21NO2Si. The maximum Gasteiger partial charge on any atom is 0.373 e. The fourth-order valence-corrected chi connectivity index (χ4v) is 5.01. The fraction of sp³-hybridized carbons (Fsp3) is 0.583. The van der Waals surface area contributed by atoms with Crippen LogP contribution in [0.15, 0.2) is 18.3 Å². The zero-order valence-electron chi connectivity index (χ0n) is 10.6. The number of hydrogen-bond acceptors (Lipinski definition) is 3. The minimum absolute atomic E-state index is 0.918. The Morgan fingerprint density at radius 2 is 1.94 bits per heavy atom. The predicted octanol–water partition coefficient (Wildman–Crippen LogP) is 2.00. The molecular weight excluding hydrogens is 218 g/mol. The van der Waals surface area contributed by atoms with Gasteiger partial charge in [-0.2, -0.15) is 0 Å². The van der Waals surface area contributed by atoms with Crippen molar-refractivity contribution in [2.24, 2.45) is 0 Å². The number of pyridine rings is 1. The summed E-state index contributed by atoms with van der Waals surface area (Å²) in [5.74, 6) is 0. The van der Waals surface area contributed by atoms with E-state index in [1.807, 2.05) is 12.3 Å². The number of rotatable bonds is 6. The van der Waals surface area contributed by atoms with Gasteiger partial charge in [-0.3, -0.25) is 4.98 Å². The van der Waals surface area contributed by atoms with Gasteiger partial charge in [0.1, 0.15) is 0 Å². The Morgan fingerprint density at radius 3 is 2.44 bits per heavy atom. The Bertz CT molecular complexity index is 327. The molecule has 1 rings (SSSR count). The molecule has 0 aromatic carbocycles. The van der Waals surface area contributed by atoms with Gasteiger partial charge in [0.15, 0.2) is 0 Å². The van der Waals surface area contributed by atoms with Crippen LogP contribution in [0.25, 0.3) is 0 Å². The molecule has 1 aromatic rings. The van der Waals surface area contributed by atoms with Crippen LogP contribution in [0.5, 0.6) is 0 Å². The van der Waals surface area contributed by atoms with Crippen LogP contribution in [-0.2, 0) is 15.3 Å². The summed E-state index contributed by atoms with van der Waals surface area (Å²) in [7, 11) is 1.25. The van der Waals surface area contributed by atoms with Crippen molar-refractivity contribution in [1.29, 1.82) is 0 Å². The number of hydrogen-bond donors (Lipinski definition) is 0. The van der Waals surface area contributed by atoms with E-state index < -0.39 is 8.56 Å². The van der Waals surface area contributed by atoms with Crippen molar-refractivity contribution in [2.75, 3.05) is 14.2 Å². The van der Waals surface area contributed by atoms with Crippen LogP contribution in [0.1, 0.15) is 26.0 Å². The van der Waals surface area contributed by atoms with Crippen molar-refractivity contribution >= 4 is 13.7 Å². The topological polar surface area (TPSA) is 31.4 Å². The summed E-state index contributed by atoms with van der Waals surface area (Å²) in [6.07, 6.45) is 3.81. The van der Waals surface area contributed by atoms with Gasteiger partial charge in [-0.05, 0) is 18.5 Å². The zero-order valence-corrected chi connectivity index (χ0v) is 11.6. The summed E-state index contributed by atoms with van der Waals surface area (Å²) in [4.78, 5) is 4.42. The minimum atomic E-state index is -2.25. The molecule has 0 radical (unpaired) electrons. The first-order valence-corrected chi connectivity index (χ1v) is 7.81. The quantitative estimate of drug-likeness (QED) is 0.712. The molecule has 0 aliphatic rings. The van der Waals surface area contributed by atoms with Gasteiger partial charge in [0.25, 0.3) is 0 Å². The fourth-order valence-electron chi connectivity index (χ4n) is 2.04. The first kappa shape index (κ1) is 13.4. The Balaban J connectivity index is 3.18. The van der Waals surface area contributed by atoms with Crippen molar-refractivity contribution < 1.29 is 8.85 Å². The minimum Gasteiger partial charge on any atom is -0.394 e. The molecule has 16 heavy (non-hydrogen) atoms. The maximum atomic E-state index is 5.73.